The number of hydrogen-bond donors (Lipinski definition) is 3. The van der Waals surface area contributed by atoms with E-state index in [1.54, 1.807) is 18.2 Å². The van der Waals surface area contributed by atoms with Gasteiger partial charge in [0, 0.05) is 30.3 Å². The van der Waals surface area contributed by atoms with Gasteiger partial charge in [-0.3, -0.25) is 5.10 Å². The molecule has 0 aliphatic rings. The molecule has 0 spiro atoms. The number of aliphatic hydroxyl groups excluding tert-OH is 1. The number of nitrogens with one attached hydrogen (secondary N) is 2. The van der Waals surface area contributed by atoms with Crippen molar-refractivity contribution in [3.8, 4) is 23.0 Å². The second-order valence-electron chi connectivity index (χ2n) is 6.80. The van der Waals surface area contributed by atoms with Gasteiger partial charge in [0.2, 0.25) is 0 Å². The van der Waals surface area contributed by atoms with E-state index in [-0.39, 0.29) is 36.4 Å². The molecule has 4 rings (SSSR count). The van der Waals surface area contributed by atoms with E-state index in [1.807, 2.05) is 6.07 Å². The highest BCUT2D eigenvalue weighted by atomic mass is 35.5. The number of aromatic amines is 1. The van der Waals surface area contributed by atoms with Crippen LogP contribution in [0.2, 0.25) is 5.02 Å². The Bertz CT molecular complexity index is 1250. The number of methoxy groups -OCH3 is 1. The number of benzene rings is 2. The van der Waals surface area contributed by atoms with Gasteiger partial charge in [-0.15, -0.1) is 0 Å². The van der Waals surface area contributed by atoms with Crippen LogP contribution in [-0.2, 0) is 4.74 Å². The first-order valence-electron chi connectivity index (χ1n) is 9.51. The molecule has 2 aromatic heterocycles. The first kappa shape index (κ1) is 21.9. The Morgan fingerprint density at radius 3 is 2.75 bits per heavy atom. The van der Waals surface area contributed by atoms with Crippen LogP contribution >= 0.6 is 11.6 Å². The maximum absolute atomic E-state index is 14.0. The average Bonchev–Trinajstić information content (AvgIpc) is 3.18. The number of nitrogens with zero attached hydrogens (tertiary/aromatic N) is 3. The minimum Gasteiger partial charge on any atom is -0.421 e. The number of ether oxygens (including phenoxy) is 2. The van der Waals surface area contributed by atoms with Crippen molar-refractivity contribution in [2.24, 2.45) is 0 Å². The van der Waals surface area contributed by atoms with Crippen LogP contribution in [0.15, 0.2) is 42.5 Å². The van der Waals surface area contributed by atoms with E-state index in [4.69, 9.17) is 21.1 Å². The van der Waals surface area contributed by atoms with E-state index in [2.05, 4.69) is 25.5 Å². The fourth-order valence-corrected chi connectivity index (χ4v) is 3.29. The van der Waals surface area contributed by atoms with Crippen LogP contribution in [-0.4, -0.2) is 51.6 Å². The van der Waals surface area contributed by atoms with Crippen LogP contribution < -0.4 is 10.1 Å². The Labute approximate surface area is 186 Å². The van der Waals surface area contributed by atoms with Crippen molar-refractivity contribution >= 4 is 28.5 Å². The molecule has 1 unspecified atom stereocenters. The third-order valence-electron chi connectivity index (χ3n) is 4.50. The van der Waals surface area contributed by atoms with Gasteiger partial charge < -0.3 is 19.9 Å². The van der Waals surface area contributed by atoms with E-state index in [9.17, 15) is 13.9 Å². The summed E-state index contributed by atoms with van der Waals surface area (Å²) in [6.07, 6.45) is -0.820. The molecule has 2 aromatic carbocycles. The number of anilines is 1. The molecule has 166 valence electrons. The second kappa shape index (κ2) is 9.43. The van der Waals surface area contributed by atoms with E-state index in [0.29, 0.717) is 27.7 Å². The molecule has 8 nitrogen and oxygen atoms in total. The number of rotatable bonds is 8. The third-order valence-corrected chi connectivity index (χ3v) is 4.83. The van der Waals surface area contributed by atoms with Gasteiger partial charge in [0.1, 0.15) is 11.6 Å². The van der Waals surface area contributed by atoms with Crippen LogP contribution in [0.25, 0.3) is 22.3 Å². The molecular formula is C21H18ClF2N5O3. The average molecular weight is 462 g/mol. The van der Waals surface area contributed by atoms with Gasteiger partial charge in [0.25, 0.3) is 0 Å². The molecule has 0 fully saturated rings. The first-order valence-corrected chi connectivity index (χ1v) is 9.89. The summed E-state index contributed by atoms with van der Waals surface area (Å²) in [5, 5.41) is 21.1. The Hall–Kier alpha value is -3.34. The van der Waals surface area contributed by atoms with Crippen molar-refractivity contribution in [2.75, 3.05) is 25.6 Å². The van der Waals surface area contributed by atoms with Gasteiger partial charge in [-0.2, -0.15) is 15.1 Å². The predicted molar refractivity (Wildman–Crippen MR) is 115 cm³/mol. The Balaban J connectivity index is 1.78. The van der Waals surface area contributed by atoms with Crippen molar-refractivity contribution in [3.05, 3.63) is 59.1 Å². The van der Waals surface area contributed by atoms with Crippen LogP contribution in [0.4, 0.5) is 14.6 Å². The van der Waals surface area contributed by atoms with Crippen LogP contribution in [0.3, 0.4) is 0 Å². The van der Waals surface area contributed by atoms with E-state index < -0.39 is 17.7 Å². The summed E-state index contributed by atoms with van der Waals surface area (Å²) in [5.74, 6) is -1.63. The van der Waals surface area contributed by atoms with E-state index >= 15 is 0 Å². The molecule has 1 atom stereocenters. The minimum absolute atomic E-state index is 0.0947. The summed E-state index contributed by atoms with van der Waals surface area (Å²) in [6, 6.07) is 9.81. The van der Waals surface area contributed by atoms with Gasteiger partial charge in [0.15, 0.2) is 17.2 Å². The smallest absolute Gasteiger partial charge is 0.326 e. The Morgan fingerprint density at radius 2 is 2.00 bits per heavy atom. The molecule has 0 saturated carbocycles. The first-order chi connectivity index (χ1) is 15.5. The van der Waals surface area contributed by atoms with Gasteiger partial charge in [-0.1, -0.05) is 29.8 Å². The quantitative estimate of drug-likeness (QED) is 0.362. The maximum Gasteiger partial charge on any atom is 0.326 e. The highest BCUT2D eigenvalue weighted by Crippen LogP contribution is 2.35. The molecule has 2 heterocycles. The van der Waals surface area contributed by atoms with Gasteiger partial charge in [-0.05, 0) is 18.2 Å². The SMILES string of the molecule is COCC(O)CNc1nc(Oc2ccc(F)cc2F)nc2n[nH]c(-c3ccccc3Cl)c12. The molecule has 0 aliphatic heterocycles. The third kappa shape index (κ3) is 4.62. The molecule has 3 N–H and O–H groups in total. The summed E-state index contributed by atoms with van der Waals surface area (Å²) in [6.45, 7) is 0.200. The number of aliphatic hydroxyl groups is 1. The van der Waals surface area contributed by atoms with Crippen molar-refractivity contribution in [3.63, 3.8) is 0 Å². The van der Waals surface area contributed by atoms with Crippen LogP contribution in [0, 0.1) is 11.6 Å². The molecule has 11 heteroatoms. The van der Waals surface area contributed by atoms with E-state index in [1.165, 1.54) is 7.11 Å². The summed E-state index contributed by atoms with van der Waals surface area (Å²) < 4.78 is 37.6. The zero-order chi connectivity index (χ0) is 22.7. The molecular weight excluding hydrogens is 444 g/mol. The highest BCUT2D eigenvalue weighted by Gasteiger charge is 2.20. The zero-order valence-corrected chi connectivity index (χ0v) is 17.5. The highest BCUT2D eigenvalue weighted by molar-refractivity contribution is 6.33. The summed E-state index contributed by atoms with van der Waals surface area (Å²) in [5.41, 5.74) is 1.43. The fourth-order valence-electron chi connectivity index (χ4n) is 3.06. The van der Waals surface area contributed by atoms with Crippen molar-refractivity contribution in [1.82, 2.24) is 20.2 Å². The summed E-state index contributed by atoms with van der Waals surface area (Å²) >= 11 is 6.34. The van der Waals surface area contributed by atoms with Crippen molar-refractivity contribution < 1.29 is 23.4 Å². The van der Waals surface area contributed by atoms with E-state index in [0.717, 1.165) is 12.1 Å². The molecule has 4 aromatic rings. The lowest BCUT2D eigenvalue weighted by molar-refractivity contribution is 0.0727. The minimum atomic E-state index is -0.905. The lowest BCUT2D eigenvalue weighted by atomic mass is 10.1. The molecule has 32 heavy (non-hydrogen) atoms. The number of halogens is 3. The lowest BCUT2D eigenvalue weighted by Gasteiger charge is -2.13. The van der Waals surface area contributed by atoms with Gasteiger partial charge >= 0.3 is 6.01 Å². The van der Waals surface area contributed by atoms with Gasteiger partial charge in [-0.25, -0.2) is 8.78 Å². The van der Waals surface area contributed by atoms with Crippen molar-refractivity contribution in [1.29, 1.82) is 0 Å². The van der Waals surface area contributed by atoms with Crippen LogP contribution in [0.5, 0.6) is 11.8 Å². The molecule has 0 saturated heterocycles. The largest absolute Gasteiger partial charge is 0.421 e. The monoisotopic (exact) mass is 461 g/mol. The van der Waals surface area contributed by atoms with Crippen LogP contribution in [0.1, 0.15) is 0 Å². The zero-order valence-electron chi connectivity index (χ0n) is 16.8. The number of aromatic nitrogens is 4. The number of fused-ring (bicyclic) bond motifs is 1. The number of hydrogen-bond acceptors (Lipinski definition) is 7. The second-order valence-corrected chi connectivity index (χ2v) is 7.21. The standard InChI is InChI=1S/C21H18ClF2N5O3/c1-31-10-12(30)9-25-19-17-18(13-4-2-3-5-14(13)22)28-29-20(17)27-21(26-19)32-16-7-6-11(23)8-15(16)24/h2-8,12,30H,9-10H2,1H3,(H2,25,26,27,28,29). The topological polar surface area (TPSA) is 105 Å². The Kier molecular flexibility index (Phi) is 6.45. The predicted octanol–water partition coefficient (Wildman–Crippen LogP) is 4.16. The van der Waals surface area contributed by atoms with Crippen molar-refractivity contribution in [2.45, 2.75) is 6.10 Å². The summed E-state index contributed by atoms with van der Waals surface area (Å²) in [4.78, 5) is 8.55. The number of H-pyrrole nitrogens is 1. The molecule has 0 bridgehead atoms. The van der Waals surface area contributed by atoms with Gasteiger partial charge in [0.05, 0.1) is 23.8 Å². The molecule has 0 aliphatic carbocycles. The fraction of sp³-hybridized carbons (Fsp3) is 0.190. The maximum atomic E-state index is 14.0. The molecule has 0 amide bonds. The summed E-state index contributed by atoms with van der Waals surface area (Å²) in [7, 11) is 1.47. The normalized spacial score (nSPS) is 12.2. The molecule has 0 radical (unpaired) electrons. The lowest BCUT2D eigenvalue weighted by Crippen LogP contribution is -2.24. The Morgan fingerprint density at radius 1 is 1.19 bits per heavy atom.